The molecule has 76 valence electrons. The first-order chi connectivity index (χ1) is 6.06. The summed E-state index contributed by atoms with van der Waals surface area (Å²) in [4.78, 5) is 0. The van der Waals surface area contributed by atoms with E-state index in [4.69, 9.17) is 0 Å². The maximum Gasteiger partial charge on any atom is 0.226 e. The summed E-state index contributed by atoms with van der Waals surface area (Å²) in [5, 5.41) is 22.0. The Morgan fingerprint density at radius 1 is 1.46 bits per heavy atom. The fourth-order valence-electron chi connectivity index (χ4n) is 0.727. The SMILES string of the molecule is CC.CCC(O)(O)c1cc(C)no1. The summed E-state index contributed by atoms with van der Waals surface area (Å²) < 4.78 is 4.67. The Kier molecular flexibility index (Phi) is 4.66. The van der Waals surface area contributed by atoms with Crippen LogP contribution in [0.3, 0.4) is 0 Å². The minimum absolute atomic E-state index is 0.0949. The van der Waals surface area contributed by atoms with Crippen molar-refractivity contribution < 1.29 is 14.7 Å². The Morgan fingerprint density at radius 3 is 2.31 bits per heavy atom. The van der Waals surface area contributed by atoms with Crippen LogP contribution in [0.15, 0.2) is 10.6 Å². The number of aliphatic hydroxyl groups is 2. The van der Waals surface area contributed by atoms with E-state index < -0.39 is 5.79 Å². The van der Waals surface area contributed by atoms with Gasteiger partial charge in [0.1, 0.15) is 0 Å². The predicted octanol–water partition coefficient (Wildman–Crippen LogP) is 1.56. The molecule has 0 spiro atoms. The number of aryl methyl sites for hydroxylation is 1. The molecule has 0 saturated heterocycles. The first-order valence-corrected chi connectivity index (χ1v) is 4.45. The van der Waals surface area contributed by atoms with Crippen LogP contribution in [0.2, 0.25) is 0 Å². The van der Waals surface area contributed by atoms with Crippen LogP contribution in [-0.4, -0.2) is 15.4 Å². The summed E-state index contributed by atoms with van der Waals surface area (Å²) in [5.74, 6) is -1.78. The van der Waals surface area contributed by atoms with Gasteiger partial charge in [0.2, 0.25) is 5.79 Å². The van der Waals surface area contributed by atoms with Gasteiger partial charge >= 0.3 is 0 Å². The van der Waals surface area contributed by atoms with Crippen LogP contribution in [0.5, 0.6) is 0 Å². The third-order valence-corrected chi connectivity index (χ3v) is 1.52. The fraction of sp³-hybridized carbons (Fsp3) is 0.667. The maximum absolute atomic E-state index is 9.23. The zero-order chi connectivity index (χ0) is 10.5. The molecular formula is C9H17NO3. The van der Waals surface area contributed by atoms with Crippen molar-refractivity contribution >= 4 is 0 Å². The molecule has 0 aliphatic rings. The molecule has 0 unspecified atom stereocenters. The summed E-state index contributed by atoms with van der Waals surface area (Å²) in [5.41, 5.74) is 0.640. The second kappa shape index (κ2) is 4.99. The zero-order valence-corrected chi connectivity index (χ0v) is 8.53. The smallest absolute Gasteiger partial charge is 0.226 e. The molecule has 4 heteroatoms. The van der Waals surface area contributed by atoms with Crippen molar-refractivity contribution in [1.82, 2.24) is 5.16 Å². The highest BCUT2D eigenvalue weighted by Gasteiger charge is 2.27. The second-order valence-corrected chi connectivity index (χ2v) is 2.50. The highest BCUT2D eigenvalue weighted by atomic mass is 16.5. The molecule has 1 aromatic rings. The Bertz CT molecular complexity index is 243. The molecule has 1 heterocycles. The van der Waals surface area contributed by atoms with Gasteiger partial charge in [-0.3, -0.25) is 0 Å². The summed E-state index contributed by atoms with van der Waals surface area (Å²) in [6, 6.07) is 1.50. The van der Waals surface area contributed by atoms with Gasteiger partial charge in [0.25, 0.3) is 0 Å². The molecule has 0 amide bonds. The van der Waals surface area contributed by atoms with Crippen molar-refractivity contribution in [3.05, 3.63) is 17.5 Å². The van der Waals surface area contributed by atoms with Gasteiger partial charge in [0, 0.05) is 12.5 Å². The van der Waals surface area contributed by atoms with E-state index in [-0.39, 0.29) is 12.2 Å². The van der Waals surface area contributed by atoms with E-state index in [0.29, 0.717) is 5.69 Å². The van der Waals surface area contributed by atoms with Crippen molar-refractivity contribution in [2.45, 2.75) is 39.9 Å². The van der Waals surface area contributed by atoms with E-state index in [0.717, 1.165) is 0 Å². The maximum atomic E-state index is 9.23. The third-order valence-electron chi connectivity index (χ3n) is 1.52. The van der Waals surface area contributed by atoms with Gasteiger partial charge in [-0.05, 0) is 6.92 Å². The second-order valence-electron chi connectivity index (χ2n) is 2.50. The Labute approximate surface area is 78.2 Å². The van der Waals surface area contributed by atoms with E-state index >= 15 is 0 Å². The van der Waals surface area contributed by atoms with Crippen LogP contribution in [0, 0.1) is 6.92 Å². The topological polar surface area (TPSA) is 66.5 Å². The molecule has 0 aliphatic heterocycles. The summed E-state index contributed by atoms with van der Waals surface area (Å²) in [6.07, 6.45) is 0.182. The molecule has 13 heavy (non-hydrogen) atoms. The van der Waals surface area contributed by atoms with Gasteiger partial charge in [-0.1, -0.05) is 25.9 Å². The van der Waals surface area contributed by atoms with Crippen LogP contribution >= 0.6 is 0 Å². The molecule has 0 aliphatic carbocycles. The van der Waals surface area contributed by atoms with E-state index in [2.05, 4.69) is 9.68 Å². The van der Waals surface area contributed by atoms with Gasteiger partial charge in [0.15, 0.2) is 5.76 Å². The number of hydrogen-bond donors (Lipinski definition) is 2. The van der Waals surface area contributed by atoms with Crippen molar-refractivity contribution in [3.63, 3.8) is 0 Å². The Balaban J connectivity index is 0.000000671. The van der Waals surface area contributed by atoms with Gasteiger partial charge in [0.05, 0.1) is 5.69 Å². The number of hydrogen-bond acceptors (Lipinski definition) is 4. The average Bonchev–Trinajstić information content (AvgIpc) is 2.56. The van der Waals surface area contributed by atoms with Crippen molar-refractivity contribution in [3.8, 4) is 0 Å². The van der Waals surface area contributed by atoms with Crippen molar-refractivity contribution in [2.24, 2.45) is 0 Å². The average molecular weight is 187 g/mol. The van der Waals surface area contributed by atoms with E-state index in [9.17, 15) is 10.2 Å². The van der Waals surface area contributed by atoms with E-state index in [1.165, 1.54) is 6.07 Å². The fourth-order valence-corrected chi connectivity index (χ4v) is 0.727. The van der Waals surface area contributed by atoms with Crippen LogP contribution in [0.1, 0.15) is 38.6 Å². The molecule has 0 atom stereocenters. The molecule has 0 saturated carbocycles. The van der Waals surface area contributed by atoms with E-state index in [1.54, 1.807) is 13.8 Å². The van der Waals surface area contributed by atoms with Crippen molar-refractivity contribution in [1.29, 1.82) is 0 Å². The molecule has 0 aromatic carbocycles. The van der Waals surface area contributed by atoms with Crippen LogP contribution in [-0.2, 0) is 5.79 Å². The molecule has 0 bridgehead atoms. The molecule has 1 aromatic heterocycles. The highest BCUT2D eigenvalue weighted by molar-refractivity contribution is 5.07. The number of aromatic nitrogens is 1. The van der Waals surface area contributed by atoms with Crippen LogP contribution in [0.4, 0.5) is 0 Å². The Hall–Kier alpha value is -0.870. The molecule has 0 fully saturated rings. The number of nitrogens with zero attached hydrogens (tertiary/aromatic N) is 1. The highest BCUT2D eigenvalue weighted by Crippen LogP contribution is 2.21. The lowest BCUT2D eigenvalue weighted by Gasteiger charge is -2.14. The lowest BCUT2D eigenvalue weighted by atomic mass is 10.1. The predicted molar refractivity (Wildman–Crippen MR) is 49.0 cm³/mol. The van der Waals surface area contributed by atoms with Gasteiger partial charge < -0.3 is 14.7 Å². The largest absolute Gasteiger partial charge is 0.360 e. The van der Waals surface area contributed by atoms with Crippen LogP contribution in [0.25, 0.3) is 0 Å². The molecule has 0 radical (unpaired) electrons. The summed E-state index contributed by atoms with van der Waals surface area (Å²) >= 11 is 0. The Morgan fingerprint density at radius 2 is 2.00 bits per heavy atom. The summed E-state index contributed by atoms with van der Waals surface area (Å²) in [6.45, 7) is 7.37. The molecule has 4 nitrogen and oxygen atoms in total. The zero-order valence-electron chi connectivity index (χ0n) is 8.53. The van der Waals surface area contributed by atoms with E-state index in [1.807, 2.05) is 13.8 Å². The lowest BCUT2D eigenvalue weighted by Crippen LogP contribution is -2.22. The first-order valence-electron chi connectivity index (χ1n) is 4.45. The first kappa shape index (κ1) is 12.1. The van der Waals surface area contributed by atoms with Gasteiger partial charge in [-0.2, -0.15) is 0 Å². The minimum atomic E-state index is -1.87. The summed E-state index contributed by atoms with van der Waals surface area (Å²) in [7, 11) is 0. The lowest BCUT2D eigenvalue weighted by molar-refractivity contribution is -0.186. The van der Waals surface area contributed by atoms with Crippen molar-refractivity contribution in [2.75, 3.05) is 0 Å². The third kappa shape index (κ3) is 3.16. The standard InChI is InChI=1S/C7H11NO3.C2H6/c1-3-7(9,10)6-4-5(2)8-11-6;1-2/h4,9-10H,3H2,1-2H3;1-2H3. The van der Waals surface area contributed by atoms with Gasteiger partial charge in [-0.15, -0.1) is 0 Å². The normalized spacial score (nSPS) is 10.6. The molecule has 1 rings (SSSR count). The minimum Gasteiger partial charge on any atom is -0.360 e. The van der Waals surface area contributed by atoms with Crippen LogP contribution < -0.4 is 0 Å². The molecular weight excluding hydrogens is 170 g/mol. The van der Waals surface area contributed by atoms with Gasteiger partial charge in [-0.25, -0.2) is 0 Å². The number of rotatable bonds is 2. The molecule has 2 N–H and O–H groups in total. The quantitative estimate of drug-likeness (QED) is 0.689. The monoisotopic (exact) mass is 187 g/mol.